The van der Waals surface area contributed by atoms with Crippen LogP contribution < -0.4 is 5.32 Å². The Kier molecular flexibility index (Phi) is 3.93. The summed E-state index contributed by atoms with van der Waals surface area (Å²) in [6, 6.07) is 0. The zero-order valence-corrected chi connectivity index (χ0v) is 10.1. The van der Waals surface area contributed by atoms with E-state index in [2.05, 4.69) is 37.9 Å². The normalized spacial score (nSPS) is 30.6. The molecule has 1 saturated heterocycles. The number of likely N-dealkylation sites (N-methyl/N-ethyl adjacent to an activating group) is 1. The van der Waals surface area contributed by atoms with E-state index in [9.17, 15) is 0 Å². The van der Waals surface area contributed by atoms with Crippen molar-refractivity contribution in [2.45, 2.75) is 45.4 Å². The van der Waals surface area contributed by atoms with E-state index in [1.165, 1.54) is 0 Å². The molecule has 2 unspecified atom stereocenters. The van der Waals surface area contributed by atoms with Gasteiger partial charge in [0.15, 0.2) is 0 Å². The molecular weight excluding hydrogens is 176 g/mol. The Hall–Kier alpha value is -0.120. The number of rotatable bonds is 3. The van der Waals surface area contributed by atoms with Crippen molar-refractivity contribution in [2.75, 3.05) is 26.7 Å². The second kappa shape index (κ2) is 4.60. The summed E-state index contributed by atoms with van der Waals surface area (Å²) < 4.78 is 5.73. The molecule has 0 amide bonds. The van der Waals surface area contributed by atoms with Crippen molar-refractivity contribution in [3.63, 3.8) is 0 Å². The smallest absolute Gasteiger partial charge is 0.0678 e. The maximum Gasteiger partial charge on any atom is 0.0678 e. The van der Waals surface area contributed by atoms with Gasteiger partial charge in [-0.2, -0.15) is 0 Å². The number of nitrogens with one attached hydrogen (secondary N) is 1. The Morgan fingerprint density at radius 2 is 1.79 bits per heavy atom. The SMILES string of the molecule is CNCC(C)(C)N1CC(C)OC(C)C1. The highest BCUT2D eigenvalue weighted by Gasteiger charge is 2.32. The van der Waals surface area contributed by atoms with Crippen molar-refractivity contribution < 1.29 is 4.74 Å². The summed E-state index contributed by atoms with van der Waals surface area (Å²) in [6.07, 6.45) is 0.713. The molecule has 0 bridgehead atoms. The van der Waals surface area contributed by atoms with Crippen LogP contribution in [0.25, 0.3) is 0 Å². The van der Waals surface area contributed by atoms with Crippen LogP contribution in [0.3, 0.4) is 0 Å². The summed E-state index contributed by atoms with van der Waals surface area (Å²) in [7, 11) is 2.01. The minimum absolute atomic E-state index is 0.223. The van der Waals surface area contributed by atoms with Crippen LogP contribution in [0, 0.1) is 0 Å². The quantitative estimate of drug-likeness (QED) is 0.738. The molecule has 0 aromatic heterocycles. The zero-order chi connectivity index (χ0) is 10.8. The lowest BCUT2D eigenvalue weighted by Gasteiger charge is -2.45. The lowest BCUT2D eigenvalue weighted by atomic mass is 10.0. The monoisotopic (exact) mass is 200 g/mol. The molecule has 0 saturated carbocycles. The molecule has 0 radical (unpaired) electrons. The van der Waals surface area contributed by atoms with E-state index in [4.69, 9.17) is 4.74 Å². The van der Waals surface area contributed by atoms with Crippen LogP contribution in [0.2, 0.25) is 0 Å². The van der Waals surface area contributed by atoms with Gasteiger partial charge in [0.1, 0.15) is 0 Å². The van der Waals surface area contributed by atoms with Gasteiger partial charge in [0.2, 0.25) is 0 Å². The van der Waals surface area contributed by atoms with Gasteiger partial charge >= 0.3 is 0 Å². The van der Waals surface area contributed by atoms with Gasteiger partial charge in [-0.3, -0.25) is 4.90 Å². The van der Waals surface area contributed by atoms with E-state index < -0.39 is 0 Å². The summed E-state index contributed by atoms with van der Waals surface area (Å²) in [4.78, 5) is 2.52. The fourth-order valence-corrected chi connectivity index (χ4v) is 2.22. The number of hydrogen-bond donors (Lipinski definition) is 1. The average Bonchev–Trinajstić information content (AvgIpc) is 2.02. The summed E-state index contributed by atoms with van der Waals surface area (Å²) in [6.45, 7) is 12.0. The Balaban J connectivity index is 2.57. The molecule has 14 heavy (non-hydrogen) atoms. The Labute approximate surface area is 87.8 Å². The van der Waals surface area contributed by atoms with Crippen LogP contribution in [0.15, 0.2) is 0 Å². The predicted molar refractivity (Wildman–Crippen MR) is 59.6 cm³/mol. The van der Waals surface area contributed by atoms with Gasteiger partial charge in [-0.25, -0.2) is 0 Å². The molecule has 3 heteroatoms. The third-order valence-electron chi connectivity index (χ3n) is 2.89. The van der Waals surface area contributed by atoms with Crippen molar-refractivity contribution in [1.82, 2.24) is 10.2 Å². The number of hydrogen-bond acceptors (Lipinski definition) is 3. The maximum absolute atomic E-state index is 5.73. The average molecular weight is 200 g/mol. The van der Waals surface area contributed by atoms with Gasteiger partial charge in [-0.15, -0.1) is 0 Å². The fraction of sp³-hybridized carbons (Fsp3) is 1.00. The van der Waals surface area contributed by atoms with Crippen molar-refractivity contribution >= 4 is 0 Å². The molecule has 1 N–H and O–H groups in total. The molecule has 1 aliphatic heterocycles. The lowest BCUT2D eigenvalue weighted by molar-refractivity contribution is -0.0949. The Bertz CT molecular complexity index is 172. The van der Waals surface area contributed by atoms with Crippen LogP contribution in [0.4, 0.5) is 0 Å². The predicted octanol–water partition coefficient (Wildman–Crippen LogP) is 1.09. The molecule has 0 aromatic rings. The van der Waals surface area contributed by atoms with Crippen molar-refractivity contribution in [3.05, 3.63) is 0 Å². The summed E-state index contributed by atoms with van der Waals surface area (Å²) in [5.41, 5.74) is 0.223. The highest BCUT2D eigenvalue weighted by atomic mass is 16.5. The fourth-order valence-electron chi connectivity index (χ4n) is 2.22. The summed E-state index contributed by atoms with van der Waals surface area (Å²) in [5, 5.41) is 3.25. The number of ether oxygens (including phenoxy) is 1. The molecular formula is C11H24N2O. The highest BCUT2D eigenvalue weighted by Crippen LogP contribution is 2.20. The Morgan fingerprint density at radius 3 is 2.21 bits per heavy atom. The molecule has 2 atom stereocenters. The van der Waals surface area contributed by atoms with E-state index in [0.29, 0.717) is 12.2 Å². The molecule has 0 spiro atoms. The zero-order valence-electron chi connectivity index (χ0n) is 10.1. The molecule has 84 valence electrons. The van der Waals surface area contributed by atoms with Gasteiger partial charge in [-0.05, 0) is 34.7 Å². The summed E-state index contributed by atoms with van der Waals surface area (Å²) in [5.74, 6) is 0. The van der Waals surface area contributed by atoms with Crippen LogP contribution in [-0.2, 0) is 4.74 Å². The highest BCUT2D eigenvalue weighted by molar-refractivity contribution is 4.87. The van der Waals surface area contributed by atoms with Crippen molar-refractivity contribution in [1.29, 1.82) is 0 Å². The third kappa shape index (κ3) is 2.94. The van der Waals surface area contributed by atoms with Gasteiger partial charge in [0.25, 0.3) is 0 Å². The minimum atomic E-state index is 0.223. The van der Waals surface area contributed by atoms with E-state index in [1.54, 1.807) is 0 Å². The van der Waals surface area contributed by atoms with Gasteiger partial charge in [-0.1, -0.05) is 0 Å². The first-order valence-electron chi connectivity index (χ1n) is 5.51. The first-order chi connectivity index (χ1) is 6.45. The van der Waals surface area contributed by atoms with Crippen molar-refractivity contribution in [3.8, 4) is 0 Å². The molecule has 1 rings (SSSR count). The standard InChI is InChI=1S/C11H24N2O/c1-9-6-13(7-10(2)14-9)11(3,4)8-12-5/h9-10,12H,6-8H2,1-5H3. The van der Waals surface area contributed by atoms with Gasteiger partial charge in [0, 0.05) is 25.2 Å². The molecule has 1 aliphatic rings. The topological polar surface area (TPSA) is 24.5 Å². The first-order valence-corrected chi connectivity index (χ1v) is 5.51. The van der Waals surface area contributed by atoms with Crippen LogP contribution >= 0.6 is 0 Å². The first kappa shape index (κ1) is 12.0. The number of morpholine rings is 1. The molecule has 0 aliphatic carbocycles. The van der Waals surface area contributed by atoms with E-state index >= 15 is 0 Å². The molecule has 1 fully saturated rings. The van der Waals surface area contributed by atoms with Crippen LogP contribution in [0.1, 0.15) is 27.7 Å². The Morgan fingerprint density at radius 1 is 1.29 bits per heavy atom. The number of nitrogens with zero attached hydrogens (tertiary/aromatic N) is 1. The van der Waals surface area contributed by atoms with E-state index in [0.717, 1.165) is 19.6 Å². The van der Waals surface area contributed by atoms with Gasteiger partial charge < -0.3 is 10.1 Å². The van der Waals surface area contributed by atoms with E-state index in [1.807, 2.05) is 7.05 Å². The second-order valence-electron chi connectivity index (χ2n) is 5.01. The largest absolute Gasteiger partial charge is 0.373 e. The third-order valence-corrected chi connectivity index (χ3v) is 2.89. The van der Waals surface area contributed by atoms with E-state index in [-0.39, 0.29) is 5.54 Å². The van der Waals surface area contributed by atoms with Gasteiger partial charge in [0.05, 0.1) is 12.2 Å². The molecule has 0 aromatic carbocycles. The second-order valence-corrected chi connectivity index (χ2v) is 5.01. The van der Waals surface area contributed by atoms with Crippen LogP contribution in [0.5, 0.6) is 0 Å². The lowest BCUT2D eigenvalue weighted by Crippen LogP contribution is -2.57. The van der Waals surface area contributed by atoms with Crippen molar-refractivity contribution in [2.24, 2.45) is 0 Å². The molecule has 1 heterocycles. The molecule has 3 nitrogen and oxygen atoms in total. The summed E-state index contributed by atoms with van der Waals surface area (Å²) >= 11 is 0. The maximum atomic E-state index is 5.73. The minimum Gasteiger partial charge on any atom is -0.373 e. The van der Waals surface area contributed by atoms with Crippen LogP contribution in [-0.4, -0.2) is 49.3 Å².